The van der Waals surface area contributed by atoms with Crippen LogP contribution in [0.1, 0.15) is 13.3 Å². The van der Waals surface area contributed by atoms with Crippen LogP contribution in [-0.2, 0) is 4.79 Å². The van der Waals surface area contributed by atoms with Crippen LogP contribution in [0.4, 0.5) is 5.82 Å². The number of nitrogens with zero attached hydrogens (tertiary/aromatic N) is 1. The van der Waals surface area contributed by atoms with E-state index in [1.54, 1.807) is 25.1 Å². The third-order valence-corrected chi connectivity index (χ3v) is 1.83. The van der Waals surface area contributed by atoms with Gasteiger partial charge in [-0.3, -0.25) is 4.79 Å². The molecular formula is C8H10N2O2S. The number of pyridine rings is 1. The number of amides is 1. The second-order valence-corrected chi connectivity index (χ2v) is 2.88. The summed E-state index contributed by atoms with van der Waals surface area (Å²) in [6.45, 7) is 1.73. The molecule has 0 saturated carbocycles. The first-order valence-electron chi connectivity index (χ1n) is 3.86. The predicted molar refractivity (Wildman–Crippen MR) is 51.4 cm³/mol. The molecule has 2 N–H and O–H groups in total. The number of carbonyl (C=O) groups is 1. The Morgan fingerprint density at radius 2 is 2.38 bits per heavy atom. The van der Waals surface area contributed by atoms with Crippen LogP contribution in [0.5, 0.6) is 0 Å². The minimum atomic E-state index is -0.164. The molecule has 0 spiro atoms. The lowest BCUT2D eigenvalue weighted by Crippen LogP contribution is -2.14. The SMILES string of the molecule is CCC(=O)Nc1cccc(=S)n1O. The van der Waals surface area contributed by atoms with Gasteiger partial charge in [0.15, 0.2) is 0 Å². The van der Waals surface area contributed by atoms with E-state index in [2.05, 4.69) is 5.32 Å². The summed E-state index contributed by atoms with van der Waals surface area (Å²) in [6.07, 6.45) is 0.363. The highest BCUT2D eigenvalue weighted by Gasteiger charge is 2.02. The Labute approximate surface area is 80.8 Å². The van der Waals surface area contributed by atoms with Crippen LogP contribution >= 0.6 is 12.2 Å². The Bertz CT molecular complexity index is 373. The van der Waals surface area contributed by atoms with Gasteiger partial charge in [-0.1, -0.05) is 25.2 Å². The van der Waals surface area contributed by atoms with Crippen molar-refractivity contribution in [3.63, 3.8) is 0 Å². The van der Waals surface area contributed by atoms with E-state index in [1.807, 2.05) is 0 Å². The van der Waals surface area contributed by atoms with Crippen LogP contribution in [0.25, 0.3) is 0 Å². The molecule has 4 nitrogen and oxygen atoms in total. The molecule has 0 aliphatic rings. The van der Waals surface area contributed by atoms with Crippen molar-refractivity contribution in [1.82, 2.24) is 4.73 Å². The first-order chi connectivity index (χ1) is 6.15. The zero-order chi connectivity index (χ0) is 9.84. The van der Waals surface area contributed by atoms with Gasteiger partial charge in [0.05, 0.1) is 0 Å². The Morgan fingerprint density at radius 1 is 1.69 bits per heavy atom. The minimum absolute atomic E-state index is 0.164. The van der Waals surface area contributed by atoms with E-state index in [-0.39, 0.29) is 10.5 Å². The van der Waals surface area contributed by atoms with Gasteiger partial charge in [-0.05, 0) is 12.1 Å². The Hall–Kier alpha value is -1.36. The number of hydrogen-bond acceptors (Lipinski definition) is 3. The average molecular weight is 198 g/mol. The molecule has 0 aromatic carbocycles. The number of rotatable bonds is 2. The second-order valence-electron chi connectivity index (χ2n) is 2.46. The van der Waals surface area contributed by atoms with Crippen molar-refractivity contribution in [2.24, 2.45) is 0 Å². The van der Waals surface area contributed by atoms with E-state index in [1.165, 1.54) is 0 Å². The molecule has 1 heterocycles. The molecule has 0 aliphatic carbocycles. The highest BCUT2D eigenvalue weighted by atomic mass is 32.1. The molecular weight excluding hydrogens is 188 g/mol. The van der Waals surface area contributed by atoms with Gasteiger partial charge in [0, 0.05) is 6.42 Å². The van der Waals surface area contributed by atoms with Crippen molar-refractivity contribution in [3.05, 3.63) is 22.8 Å². The fraction of sp³-hybridized carbons (Fsp3) is 0.250. The van der Waals surface area contributed by atoms with Gasteiger partial charge in [0.25, 0.3) is 0 Å². The van der Waals surface area contributed by atoms with Crippen LogP contribution in [0.2, 0.25) is 0 Å². The van der Waals surface area contributed by atoms with Gasteiger partial charge in [-0.25, -0.2) is 0 Å². The number of anilines is 1. The van der Waals surface area contributed by atoms with Gasteiger partial charge in [0.1, 0.15) is 10.5 Å². The molecule has 1 rings (SSSR count). The lowest BCUT2D eigenvalue weighted by Gasteiger charge is -2.07. The van der Waals surface area contributed by atoms with E-state index in [0.29, 0.717) is 12.2 Å². The summed E-state index contributed by atoms with van der Waals surface area (Å²) in [5.41, 5.74) is 0. The zero-order valence-electron chi connectivity index (χ0n) is 7.15. The average Bonchev–Trinajstić information content (AvgIpc) is 2.13. The lowest BCUT2D eigenvalue weighted by atomic mass is 10.4. The van der Waals surface area contributed by atoms with Crippen LogP contribution in [0, 0.1) is 4.64 Å². The summed E-state index contributed by atoms with van der Waals surface area (Å²) in [6, 6.07) is 4.81. The van der Waals surface area contributed by atoms with E-state index >= 15 is 0 Å². The Balaban J connectivity index is 2.96. The van der Waals surface area contributed by atoms with E-state index < -0.39 is 0 Å². The van der Waals surface area contributed by atoms with Crippen LogP contribution < -0.4 is 5.32 Å². The minimum Gasteiger partial charge on any atom is -0.426 e. The Kier molecular flexibility index (Phi) is 3.02. The normalized spacial score (nSPS) is 9.62. The highest BCUT2D eigenvalue weighted by molar-refractivity contribution is 7.71. The third kappa shape index (κ3) is 2.29. The van der Waals surface area contributed by atoms with Gasteiger partial charge in [-0.2, -0.15) is 4.73 Å². The maximum atomic E-state index is 11.0. The van der Waals surface area contributed by atoms with Crippen molar-refractivity contribution in [1.29, 1.82) is 0 Å². The van der Waals surface area contributed by atoms with Crippen LogP contribution in [0.15, 0.2) is 18.2 Å². The predicted octanol–water partition coefficient (Wildman–Crippen LogP) is 1.80. The fourth-order valence-electron chi connectivity index (χ4n) is 0.807. The molecule has 0 atom stereocenters. The maximum Gasteiger partial charge on any atom is 0.225 e. The largest absolute Gasteiger partial charge is 0.426 e. The van der Waals surface area contributed by atoms with Crippen LogP contribution in [-0.4, -0.2) is 15.8 Å². The summed E-state index contributed by atoms with van der Waals surface area (Å²) < 4.78 is 1.03. The smallest absolute Gasteiger partial charge is 0.225 e. The van der Waals surface area contributed by atoms with Gasteiger partial charge >= 0.3 is 0 Å². The topological polar surface area (TPSA) is 54.3 Å². The quantitative estimate of drug-likeness (QED) is 0.563. The number of aromatic nitrogens is 1. The Morgan fingerprint density at radius 3 is 3.00 bits per heavy atom. The molecule has 1 aromatic heterocycles. The molecule has 1 aromatic rings. The molecule has 0 bridgehead atoms. The number of nitrogens with one attached hydrogen (secondary N) is 1. The van der Waals surface area contributed by atoms with Gasteiger partial charge in [-0.15, -0.1) is 0 Å². The molecule has 5 heteroatoms. The van der Waals surface area contributed by atoms with Crippen LogP contribution in [0.3, 0.4) is 0 Å². The van der Waals surface area contributed by atoms with Crippen molar-refractivity contribution in [2.75, 3.05) is 5.32 Å². The molecule has 0 unspecified atom stereocenters. The number of carbonyl (C=O) groups excluding carboxylic acids is 1. The van der Waals surface area contributed by atoms with Crippen molar-refractivity contribution in [2.45, 2.75) is 13.3 Å². The van der Waals surface area contributed by atoms with E-state index in [9.17, 15) is 10.0 Å². The molecule has 0 fully saturated rings. The molecule has 0 aliphatic heterocycles. The third-order valence-electron chi connectivity index (χ3n) is 1.52. The summed E-state index contributed by atoms with van der Waals surface area (Å²) in [4.78, 5) is 11.0. The monoisotopic (exact) mass is 198 g/mol. The van der Waals surface area contributed by atoms with Gasteiger partial charge in [0.2, 0.25) is 5.91 Å². The van der Waals surface area contributed by atoms with Crippen molar-refractivity contribution >= 4 is 23.9 Å². The molecule has 0 saturated heterocycles. The fourth-order valence-corrected chi connectivity index (χ4v) is 0.984. The molecule has 0 radical (unpaired) electrons. The van der Waals surface area contributed by atoms with Gasteiger partial charge < -0.3 is 10.5 Å². The maximum absolute atomic E-state index is 11.0. The molecule has 1 amide bonds. The summed E-state index contributed by atoms with van der Waals surface area (Å²) >= 11 is 4.79. The van der Waals surface area contributed by atoms with Crippen molar-refractivity contribution in [3.8, 4) is 0 Å². The lowest BCUT2D eigenvalue weighted by molar-refractivity contribution is -0.116. The first kappa shape index (κ1) is 9.73. The second kappa shape index (κ2) is 4.04. The summed E-state index contributed by atoms with van der Waals surface area (Å²) in [5, 5.41) is 11.8. The van der Waals surface area contributed by atoms with E-state index in [0.717, 1.165) is 4.73 Å². The summed E-state index contributed by atoms with van der Waals surface area (Å²) in [7, 11) is 0. The molecule has 13 heavy (non-hydrogen) atoms. The first-order valence-corrected chi connectivity index (χ1v) is 4.27. The summed E-state index contributed by atoms with van der Waals surface area (Å²) in [5.74, 6) is 0.128. The zero-order valence-corrected chi connectivity index (χ0v) is 7.97. The highest BCUT2D eigenvalue weighted by Crippen LogP contribution is 2.06. The van der Waals surface area contributed by atoms with E-state index in [4.69, 9.17) is 12.2 Å². The number of hydrogen-bond donors (Lipinski definition) is 2. The molecule has 70 valence electrons. The van der Waals surface area contributed by atoms with Crippen molar-refractivity contribution < 1.29 is 10.0 Å². The standard InChI is InChI=1S/C8H10N2O2S/c1-2-7(11)9-6-4-3-5-8(13)10(6)12/h3-5,12H,2H2,1H3,(H,9,11).